The predicted octanol–water partition coefficient (Wildman–Crippen LogP) is 5.10. The lowest BCUT2D eigenvalue weighted by molar-refractivity contribution is -0.140. The number of aliphatic hydroxyl groups excluding tert-OH is 3. The van der Waals surface area contributed by atoms with Gasteiger partial charge in [-0.3, -0.25) is 19.5 Å². The van der Waals surface area contributed by atoms with Gasteiger partial charge in [0.05, 0.1) is 36.8 Å². The summed E-state index contributed by atoms with van der Waals surface area (Å²) in [6, 6.07) is 22.1. The number of carbonyl (C=O) groups excluding carboxylic acids is 2. The molecule has 9 nitrogen and oxygen atoms in total. The summed E-state index contributed by atoms with van der Waals surface area (Å²) >= 11 is 1.48. The topological polar surface area (TPSA) is 133 Å². The Balaban J connectivity index is 1.30. The van der Waals surface area contributed by atoms with Crippen molar-refractivity contribution < 1.29 is 34.1 Å². The van der Waals surface area contributed by atoms with Crippen molar-refractivity contribution in [1.29, 1.82) is 0 Å². The summed E-state index contributed by atoms with van der Waals surface area (Å²) in [5.74, 6) is -1.10. The fraction of sp³-hybridized carbons (Fsp3) is 0.306. The van der Waals surface area contributed by atoms with Crippen molar-refractivity contribution in [2.75, 3.05) is 13.2 Å². The van der Waals surface area contributed by atoms with Gasteiger partial charge in [-0.1, -0.05) is 30.3 Å². The number of likely N-dealkylation sites (tertiary alicyclic amines) is 1. The SMILES string of the molecule is O=C1[C@@H]2[C@@H](CC(COc3ccccc3)=C([C@H](O)CC/C(=C/c3ccc(CO)o3)c3ccccn3)[C@@H]2CO)C(=O)N1Cc1cccs1. The quantitative estimate of drug-likeness (QED) is 0.136. The number of allylic oxidation sites excluding steroid dienone is 1. The Kier molecular flexibility index (Phi) is 9.89. The molecule has 2 amide bonds. The van der Waals surface area contributed by atoms with Crippen molar-refractivity contribution in [2.24, 2.45) is 17.8 Å². The molecule has 0 bridgehead atoms. The Hall–Kier alpha value is -4.35. The summed E-state index contributed by atoms with van der Waals surface area (Å²) in [6.07, 6.45) is 3.41. The minimum Gasteiger partial charge on any atom is -0.489 e. The zero-order chi connectivity index (χ0) is 32.0. The number of fused-ring (bicyclic) bond motifs is 1. The van der Waals surface area contributed by atoms with E-state index in [-0.39, 0.29) is 44.4 Å². The molecule has 46 heavy (non-hydrogen) atoms. The third-order valence-electron chi connectivity index (χ3n) is 8.72. The van der Waals surface area contributed by atoms with Gasteiger partial charge < -0.3 is 24.5 Å². The minimum absolute atomic E-state index is 0.113. The van der Waals surface area contributed by atoms with Crippen LogP contribution in [0.15, 0.2) is 99.9 Å². The number of para-hydroxylation sites is 1. The summed E-state index contributed by atoms with van der Waals surface area (Å²) in [6.45, 7) is -0.309. The second-order valence-corrected chi connectivity index (χ2v) is 12.6. The highest BCUT2D eigenvalue weighted by molar-refractivity contribution is 7.09. The number of thiophene rings is 1. The number of nitrogens with zero attached hydrogens (tertiary/aromatic N) is 2. The molecule has 3 aromatic heterocycles. The maximum atomic E-state index is 13.8. The number of ether oxygens (including phenoxy) is 1. The molecule has 6 rings (SSSR count). The average molecular weight is 641 g/mol. The summed E-state index contributed by atoms with van der Waals surface area (Å²) in [5.41, 5.74) is 2.80. The van der Waals surface area contributed by atoms with Gasteiger partial charge in [-0.15, -0.1) is 11.3 Å². The number of aliphatic hydroxyl groups is 3. The molecular weight excluding hydrogens is 604 g/mol. The first kappa shape index (κ1) is 31.6. The zero-order valence-electron chi connectivity index (χ0n) is 25.2. The van der Waals surface area contributed by atoms with E-state index in [1.54, 1.807) is 18.3 Å². The molecule has 1 aromatic carbocycles. The van der Waals surface area contributed by atoms with Crippen LogP contribution in [0.2, 0.25) is 0 Å². The van der Waals surface area contributed by atoms with Crippen LogP contribution in [-0.2, 0) is 22.7 Å². The molecule has 2 aliphatic rings. The van der Waals surface area contributed by atoms with Crippen molar-refractivity contribution in [2.45, 2.75) is 38.5 Å². The molecular formula is C36H36N2O7S. The number of pyridine rings is 1. The van der Waals surface area contributed by atoms with Gasteiger partial charge in [-0.2, -0.15) is 0 Å². The van der Waals surface area contributed by atoms with E-state index in [0.29, 0.717) is 35.0 Å². The first-order chi connectivity index (χ1) is 22.5. The van der Waals surface area contributed by atoms with E-state index in [1.165, 1.54) is 16.2 Å². The Labute approximate surface area is 271 Å². The fourth-order valence-electron chi connectivity index (χ4n) is 6.56. The third kappa shape index (κ3) is 6.75. The molecule has 4 aromatic rings. The number of amides is 2. The van der Waals surface area contributed by atoms with Gasteiger partial charge in [0.15, 0.2) is 0 Å². The van der Waals surface area contributed by atoms with Crippen molar-refractivity contribution in [3.63, 3.8) is 0 Å². The molecule has 4 atom stereocenters. The van der Waals surface area contributed by atoms with Crippen LogP contribution in [0.4, 0.5) is 0 Å². The summed E-state index contributed by atoms with van der Waals surface area (Å²) in [4.78, 5) is 34.2. The number of benzene rings is 1. The van der Waals surface area contributed by atoms with Gasteiger partial charge in [0.1, 0.15) is 30.5 Å². The van der Waals surface area contributed by atoms with Crippen molar-refractivity contribution in [3.05, 3.63) is 118 Å². The summed E-state index contributed by atoms with van der Waals surface area (Å²) < 4.78 is 11.8. The smallest absolute Gasteiger partial charge is 0.234 e. The van der Waals surface area contributed by atoms with E-state index in [2.05, 4.69) is 4.98 Å². The standard InChI is InChI=1S/C36H36N2O7S/c39-20-27-13-12-26(45-27)17-23(31-10-4-5-15-37-31)11-14-32(41)33-24(22-44-25-7-2-1-3-8-25)18-29-34(30(33)21-40)36(43)38(35(29)42)19-28-9-6-16-46-28/h1-10,12-13,15-17,29-30,32,34,39-41H,11,14,18-22H2/b23-17-/t29-,30+,32-,34-/m1/s1. The van der Waals surface area contributed by atoms with Crippen LogP contribution in [0, 0.1) is 17.8 Å². The first-order valence-corrected chi connectivity index (χ1v) is 16.2. The maximum Gasteiger partial charge on any atom is 0.234 e. The largest absolute Gasteiger partial charge is 0.489 e. The monoisotopic (exact) mass is 640 g/mol. The number of carbonyl (C=O) groups is 2. The van der Waals surface area contributed by atoms with Crippen LogP contribution >= 0.6 is 11.3 Å². The predicted molar refractivity (Wildman–Crippen MR) is 173 cm³/mol. The van der Waals surface area contributed by atoms with Gasteiger partial charge in [0.25, 0.3) is 0 Å². The molecule has 238 valence electrons. The third-order valence-corrected chi connectivity index (χ3v) is 9.58. The van der Waals surface area contributed by atoms with Gasteiger partial charge in [-0.25, -0.2) is 0 Å². The van der Waals surface area contributed by atoms with Crippen molar-refractivity contribution in [1.82, 2.24) is 9.88 Å². The minimum atomic E-state index is -1.03. The van der Waals surface area contributed by atoms with Crippen molar-refractivity contribution in [3.8, 4) is 5.75 Å². The molecule has 0 unspecified atom stereocenters. The highest BCUT2D eigenvalue weighted by Gasteiger charge is 2.54. The molecule has 1 aliphatic carbocycles. The first-order valence-electron chi connectivity index (χ1n) is 15.3. The Bertz CT molecular complexity index is 1700. The van der Waals surface area contributed by atoms with E-state index in [9.17, 15) is 24.9 Å². The van der Waals surface area contributed by atoms with E-state index in [4.69, 9.17) is 9.15 Å². The normalized spacial score (nSPS) is 20.7. The number of rotatable bonds is 13. The lowest BCUT2D eigenvalue weighted by atomic mass is 9.68. The number of aromatic nitrogens is 1. The number of hydrogen-bond acceptors (Lipinski definition) is 9. The molecule has 1 fully saturated rings. The summed E-state index contributed by atoms with van der Waals surface area (Å²) in [5, 5.41) is 34.0. The lowest BCUT2D eigenvalue weighted by Crippen LogP contribution is -2.40. The molecule has 0 radical (unpaired) electrons. The molecule has 10 heteroatoms. The van der Waals surface area contributed by atoms with Crippen molar-refractivity contribution >= 4 is 34.8 Å². The Morgan fingerprint density at radius 2 is 1.87 bits per heavy atom. The van der Waals surface area contributed by atoms with Crippen LogP contribution in [0.25, 0.3) is 11.6 Å². The maximum absolute atomic E-state index is 13.8. The number of imide groups is 1. The Morgan fingerprint density at radius 3 is 2.57 bits per heavy atom. The van der Waals surface area contributed by atoms with E-state index in [0.717, 1.165) is 16.0 Å². The van der Waals surface area contributed by atoms with Crippen LogP contribution in [0.3, 0.4) is 0 Å². The molecule has 0 spiro atoms. The molecule has 1 aliphatic heterocycles. The molecule has 1 saturated heterocycles. The van der Waals surface area contributed by atoms with Gasteiger partial charge in [0, 0.05) is 17.0 Å². The fourth-order valence-corrected chi connectivity index (χ4v) is 7.25. The van der Waals surface area contributed by atoms with Crippen LogP contribution in [0.1, 0.15) is 41.4 Å². The second-order valence-electron chi connectivity index (χ2n) is 11.5. The van der Waals surface area contributed by atoms with E-state index in [1.807, 2.05) is 72.1 Å². The van der Waals surface area contributed by atoms with Gasteiger partial charge in [0.2, 0.25) is 11.8 Å². The average Bonchev–Trinajstić information content (AvgIpc) is 3.84. The molecule has 3 N–H and O–H groups in total. The lowest BCUT2D eigenvalue weighted by Gasteiger charge is -2.36. The second kappa shape index (κ2) is 14.4. The Morgan fingerprint density at radius 1 is 1.04 bits per heavy atom. The highest BCUT2D eigenvalue weighted by atomic mass is 32.1. The van der Waals surface area contributed by atoms with E-state index >= 15 is 0 Å². The highest BCUT2D eigenvalue weighted by Crippen LogP contribution is 2.47. The number of furan rings is 1. The van der Waals surface area contributed by atoms with Gasteiger partial charge >= 0.3 is 0 Å². The van der Waals surface area contributed by atoms with Crippen LogP contribution in [-0.4, -0.2) is 56.3 Å². The van der Waals surface area contributed by atoms with E-state index < -0.39 is 30.5 Å². The zero-order valence-corrected chi connectivity index (χ0v) is 26.0. The van der Waals surface area contributed by atoms with Crippen LogP contribution in [0.5, 0.6) is 5.75 Å². The van der Waals surface area contributed by atoms with Gasteiger partial charge in [-0.05, 0) is 89.9 Å². The number of hydrogen-bond donors (Lipinski definition) is 3. The summed E-state index contributed by atoms with van der Waals surface area (Å²) in [7, 11) is 0. The molecule has 4 heterocycles. The molecule has 0 saturated carbocycles. The van der Waals surface area contributed by atoms with Crippen LogP contribution < -0.4 is 4.74 Å².